The number of hydrogen-bond acceptors (Lipinski definition) is 2. The first-order chi connectivity index (χ1) is 9.16. The largest absolute Gasteiger partial charge is 0.345 e. The highest BCUT2D eigenvalue weighted by Crippen LogP contribution is 2.17. The van der Waals surface area contributed by atoms with E-state index in [0.717, 1.165) is 32.5 Å². The predicted molar refractivity (Wildman–Crippen MR) is 77.9 cm³/mol. The number of rotatable bonds is 4. The molecule has 0 radical (unpaired) electrons. The highest BCUT2D eigenvalue weighted by Gasteiger charge is 2.26. The van der Waals surface area contributed by atoms with Crippen molar-refractivity contribution < 1.29 is 4.79 Å². The van der Waals surface area contributed by atoms with Crippen LogP contribution in [0.25, 0.3) is 0 Å². The molecule has 1 aromatic rings. The Bertz CT molecular complexity index is 404. The molecule has 0 aromatic heterocycles. The van der Waals surface area contributed by atoms with E-state index in [-0.39, 0.29) is 11.8 Å². The maximum Gasteiger partial charge on any atom is 0.226 e. The van der Waals surface area contributed by atoms with Gasteiger partial charge in [-0.2, -0.15) is 0 Å². The lowest BCUT2D eigenvalue weighted by molar-refractivity contribution is -0.135. The third-order valence-corrected chi connectivity index (χ3v) is 3.87. The van der Waals surface area contributed by atoms with Crippen molar-refractivity contribution in [2.24, 2.45) is 11.8 Å². The molecule has 1 amide bonds. The number of piperidine rings is 1. The van der Waals surface area contributed by atoms with E-state index in [1.807, 2.05) is 30.1 Å². The van der Waals surface area contributed by atoms with Crippen molar-refractivity contribution in [2.75, 3.05) is 26.7 Å². The molecule has 1 N–H and O–H groups in total. The zero-order chi connectivity index (χ0) is 13.7. The Kier molecular flexibility index (Phi) is 4.97. The zero-order valence-corrected chi connectivity index (χ0v) is 11.9. The number of benzene rings is 1. The molecule has 0 bridgehead atoms. The first-order valence-corrected chi connectivity index (χ1v) is 7.16. The van der Waals surface area contributed by atoms with Gasteiger partial charge in [0.15, 0.2) is 0 Å². The van der Waals surface area contributed by atoms with Crippen molar-refractivity contribution in [2.45, 2.75) is 19.8 Å². The minimum Gasteiger partial charge on any atom is -0.345 e. The van der Waals surface area contributed by atoms with Crippen LogP contribution < -0.4 is 5.32 Å². The highest BCUT2D eigenvalue weighted by atomic mass is 16.2. The van der Waals surface area contributed by atoms with Gasteiger partial charge in [-0.15, -0.1) is 0 Å². The van der Waals surface area contributed by atoms with E-state index in [9.17, 15) is 4.79 Å². The van der Waals surface area contributed by atoms with Crippen molar-refractivity contribution in [3.63, 3.8) is 0 Å². The fourth-order valence-corrected chi connectivity index (χ4v) is 2.71. The standard InChI is InChI=1S/C16H24N2O/c1-13-10-15(12-17-11-13)16(19)18(2)9-8-14-6-4-3-5-7-14/h3-7,13,15,17H,8-12H2,1-2H3. The van der Waals surface area contributed by atoms with Crippen molar-refractivity contribution in [3.05, 3.63) is 35.9 Å². The average Bonchev–Trinajstić information content (AvgIpc) is 2.45. The topological polar surface area (TPSA) is 32.3 Å². The average molecular weight is 260 g/mol. The molecule has 3 heteroatoms. The SMILES string of the molecule is CC1CNCC(C(=O)N(C)CCc2ccccc2)C1. The highest BCUT2D eigenvalue weighted by molar-refractivity contribution is 5.79. The molecule has 0 saturated carbocycles. The molecule has 1 saturated heterocycles. The lowest BCUT2D eigenvalue weighted by atomic mass is 9.91. The summed E-state index contributed by atoms with van der Waals surface area (Å²) in [5.74, 6) is 1.05. The van der Waals surface area contributed by atoms with E-state index in [2.05, 4.69) is 24.4 Å². The number of nitrogens with one attached hydrogen (secondary N) is 1. The van der Waals surface area contributed by atoms with E-state index >= 15 is 0 Å². The molecule has 104 valence electrons. The van der Waals surface area contributed by atoms with Crippen LogP contribution in [0.15, 0.2) is 30.3 Å². The van der Waals surface area contributed by atoms with E-state index in [4.69, 9.17) is 0 Å². The summed E-state index contributed by atoms with van der Waals surface area (Å²) in [7, 11) is 1.92. The van der Waals surface area contributed by atoms with Gasteiger partial charge in [-0.3, -0.25) is 4.79 Å². The molecule has 2 unspecified atom stereocenters. The minimum atomic E-state index is 0.157. The molecule has 3 nitrogen and oxygen atoms in total. The Morgan fingerprint density at radius 3 is 2.74 bits per heavy atom. The van der Waals surface area contributed by atoms with Crippen LogP contribution in [0.3, 0.4) is 0 Å². The maximum absolute atomic E-state index is 12.4. The van der Waals surface area contributed by atoms with Gasteiger partial charge in [-0.05, 0) is 30.9 Å². The number of carbonyl (C=O) groups is 1. The molecule has 1 fully saturated rings. The summed E-state index contributed by atoms with van der Waals surface area (Å²) < 4.78 is 0. The van der Waals surface area contributed by atoms with Gasteiger partial charge >= 0.3 is 0 Å². The number of carbonyl (C=O) groups excluding carboxylic acids is 1. The Hall–Kier alpha value is -1.35. The van der Waals surface area contributed by atoms with Crippen molar-refractivity contribution in [1.82, 2.24) is 10.2 Å². The van der Waals surface area contributed by atoms with Gasteiger partial charge in [0.1, 0.15) is 0 Å². The maximum atomic E-state index is 12.4. The van der Waals surface area contributed by atoms with E-state index in [0.29, 0.717) is 5.92 Å². The number of hydrogen-bond donors (Lipinski definition) is 1. The quantitative estimate of drug-likeness (QED) is 0.897. The summed E-state index contributed by atoms with van der Waals surface area (Å²) >= 11 is 0. The molecule has 2 atom stereocenters. The lowest BCUT2D eigenvalue weighted by Crippen LogP contribution is -2.44. The van der Waals surface area contributed by atoms with Crippen molar-refractivity contribution in [3.8, 4) is 0 Å². The van der Waals surface area contributed by atoms with Crippen LogP contribution in [-0.4, -0.2) is 37.5 Å². The molecule has 1 aliphatic heterocycles. The van der Waals surface area contributed by atoms with Crippen molar-refractivity contribution >= 4 is 5.91 Å². The first-order valence-electron chi connectivity index (χ1n) is 7.16. The van der Waals surface area contributed by atoms with Gasteiger partial charge in [0.05, 0.1) is 5.92 Å². The van der Waals surface area contributed by atoms with Crippen LogP contribution in [0.4, 0.5) is 0 Å². The van der Waals surface area contributed by atoms with Gasteiger partial charge in [-0.25, -0.2) is 0 Å². The van der Waals surface area contributed by atoms with Gasteiger partial charge in [0.2, 0.25) is 5.91 Å². The molecule has 0 aliphatic carbocycles. The minimum absolute atomic E-state index is 0.157. The lowest BCUT2D eigenvalue weighted by Gasteiger charge is -2.30. The number of amides is 1. The van der Waals surface area contributed by atoms with Gasteiger partial charge < -0.3 is 10.2 Å². The van der Waals surface area contributed by atoms with Gasteiger partial charge in [-0.1, -0.05) is 37.3 Å². The van der Waals surface area contributed by atoms with E-state index in [1.165, 1.54) is 5.56 Å². The summed E-state index contributed by atoms with van der Waals surface area (Å²) in [5, 5.41) is 3.35. The Morgan fingerprint density at radius 1 is 1.32 bits per heavy atom. The van der Waals surface area contributed by atoms with Gasteiger partial charge in [0.25, 0.3) is 0 Å². The molecular formula is C16H24N2O. The second kappa shape index (κ2) is 6.71. The monoisotopic (exact) mass is 260 g/mol. The van der Waals surface area contributed by atoms with Crippen LogP contribution >= 0.6 is 0 Å². The molecular weight excluding hydrogens is 236 g/mol. The van der Waals surface area contributed by atoms with E-state index < -0.39 is 0 Å². The third kappa shape index (κ3) is 4.06. The second-order valence-electron chi connectivity index (χ2n) is 5.69. The molecule has 2 rings (SSSR count). The van der Waals surface area contributed by atoms with Gasteiger partial charge in [0, 0.05) is 20.1 Å². The van der Waals surface area contributed by atoms with Crippen LogP contribution in [-0.2, 0) is 11.2 Å². The molecule has 0 spiro atoms. The third-order valence-electron chi connectivity index (χ3n) is 3.87. The van der Waals surface area contributed by atoms with Crippen LogP contribution in [0, 0.1) is 11.8 Å². The fraction of sp³-hybridized carbons (Fsp3) is 0.562. The number of likely N-dealkylation sites (N-methyl/N-ethyl adjacent to an activating group) is 1. The summed E-state index contributed by atoms with van der Waals surface area (Å²) in [5.41, 5.74) is 1.29. The Labute approximate surface area is 116 Å². The molecule has 1 aliphatic rings. The smallest absolute Gasteiger partial charge is 0.226 e. The second-order valence-corrected chi connectivity index (χ2v) is 5.69. The summed E-state index contributed by atoms with van der Waals surface area (Å²) in [6.45, 7) is 4.88. The summed E-state index contributed by atoms with van der Waals surface area (Å²) in [6, 6.07) is 10.3. The van der Waals surface area contributed by atoms with Crippen LogP contribution in [0.5, 0.6) is 0 Å². The predicted octanol–water partition coefficient (Wildman–Crippen LogP) is 1.93. The Balaban J connectivity index is 1.82. The van der Waals surface area contributed by atoms with E-state index in [1.54, 1.807) is 0 Å². The molecule has 19 heavy (non-hydrogen) atoms. The number of nitrogens with zero attached hydrogens (tertiary/aromatic N) is 1. The summed E-state index contributed by atoms with van der Waals surface area (Å²) in [4.78, 5) is 14.2. The normalized spacial score (nSPS) is 23.1. The Morgan fingerprint density at radius 2 is 2.05 bits per heavy atom. The molecule has 1 heterocycles. The first kappa shape index (κ1) is 14.1. The summed E-state index contributed by atoms with van der Waals surface area (Å²) in [6.07, 6.45) is 1.94. The zero-order valence-electron chi connectivity index (χ0n) is 11.9. The fourth-order valence-electron chi connectivity index (χ4n) is 2.71. The molecule has 1 aromatic carbocycles. The van der Waals surface area contributed by atoms with Crippen molar-refractivity contribution in [1.29, 1.82) is 0 Å². The van der Waals surface area contributed by atoms with Crippen LogP contribution in [0.1, 0.15) is 18.9 Å². The van der Waals surface area contributed by atoms with Crippen LogP contribution in [0.2, 0.25) is 0 Å².